The SMILES string of the molecule is COCCN1CC2CN(C(=O)c3ccno3)CCC2(c2ccccc2)C1. The molecule has 0 radical (unpaired) electrons. The van der Waals surface area contributed by atoms with Gasteiger partial charge in [-0.1, -0.05) is 35.5 Å². The average molecular weight is 355 g/mol. The minimum atomic E-state index is -0.0560. The van der Waals surface area contributed by atoms with Crippen LogP contribution in [0, 0.1) is 5.92 Å². The summed E-state index contributed by atoms with van der Waals surface area (Å²) in [6, 6.07) is 12.4. The molecular formula is C20H25N3O3. The smallest absolute Gasteiger partial charge is 0.292 e. The summed E-state index contributed by atoms with van der Waals surface area (Å²) in [6.07, 6.45) is 2.48. The van der Waals surface area contributed by atoms with Gasteiger partial charge in [-0.05, 0) is 12.0 Å². The number of carbonyl (C=O) groups is 1. The van der Waals surface area contributed by atoms with Crippen molar-refractivity contribution in [2.45, 2.75) is 11.8 Å². The first-order valence-electron chi connectivity index (χ1n) is 9.20. The summed E-state index contributed by atoms with van der Waals surface area (Å²) in [4.78, 5) is 17.1. The van der Waals surface area contributed by atoms with Crippen molar-refractivity contribution in [2.24, 2.45) is 5.92 Å². The Morgan fingerprint density at radius 2 is 2.15 bits per heavy atom. The van der Waals surface area contributed by atoms with E-state index in [1.807, 2.05) is 4.90 Å². The third-order valence-electron chi connectivity index (χ3n) is 5.93. The molecule has 1 aromatic carbocycles. The highest BCUT2D eigenvalue weighted by Gasteiger charge is 2.51. The quantitative estimate of drug-likeness (QED) is 0.821. The number of hydrogen-bond acceptors (Lipinski definition) is 5. The largest absolute Gasteiger partial charge is 0.383 e. The molecule has 1 aromatic heterocycles. The fourth-order valence-corrected chi connectivity index (χ4v) is 4.59. The van der Waals surface area contributed by atoms with Crippen molar-refractivity contribution in [1.29, 1.82) is 0 Å². The molecule has 26 heavy (non-hydrogen) atoms. The van der Waals surface area contributed by atoms with E-state index in [4.69, 9.17) is 9.26 Å². The van der Waals surface area contributed by atoms with Gasteiger partial charge in [0.15, 0.2) is 0 Å². The molecule has 0 saturated carbocycles. The summed E-state index contributed by atoms with van der Waals surface area (Å²) in [6.45, 7) is 5.16. The second-order valence-electron chi connectivity index (χ2n) is 7.32. The molecular weight excluding hydrogens is 330 g/mol. The van der Waals surface area contributed by atoms with Gasteiger partial charge in [0.1, 0.15) is 0 Å². The van der Waals surface area contributed by atoms with E-state index < -0.39 is 0 Å². The standard InChI is InChI=1S/C20H25N3O3/c1-25-12-11-22-13-17-14-23(19(24)18-7-9-21-26-18)10-8-20(17,15-22)16-5-3-2-4-6-16/h2-7,9,17H,8,10-15H2,1H3. The van der Waals surface area contributed by atoms with Gasteiger partial charge in [-0.25, -0.2) is 0 Å². The zero-order chi connectivity index (χ0) is 18.0. The van der Waals surface area contributed by atoms with Crippen LogP contribution in [0.15, 0.2) is 47.1 Å². The van der Waals surface area contributed by atoms with E-state index in [0.29, 0.717) is 11.7 Å². The average Bonchev–Trinajstić information content (AvgIpc) is 3.34. The van der Waals surface area contributed by atoms with Crippen molar-refractivity contribution in [1.82, 2.24) is 15.0 Å². The molecule has 6 heteroatoms. The highest BCUT2D eigenvalue weighted by Crippen LogP contribution is 2.45. The Kier molecular flexibility index (Phi) is 4.78. The fourth-order valence-electron chi connectivity index (χ4n) is 4.59. The maximum atomic E-state index is 12.7. The van der Waals surface area contributed by atoms with Crippen molar-refractivity contribution >= 4 is 5.91 Å². The molecule has 2 atom stereocenters. The minimum Gasteiger partial charge on any atom is -0.383 e. The highest BCUT2D eigenvalue weighted by molar-refractivity contribution is 5.91. The van der Waals surface area contributed by atoms with E-state index in [9.17, 15) is 4.79 Å². The maximum Gasteiger partial charge on any atom is 0.292 e. The summed E-state index contributed by atoms with van der Waals surface area (Å²) in [5.74, 6) is 0.674. The van der Waals surface area contributed by atoms with Crippen LogP contribution in [0.2, 0.25) is 0 Å². The van der Waals surface area contributed by atoms with Crippen LogP contribution in [0.3, 0.4) is 0 Å². The number of aromatic nitrogens is 1. The monoisotopic (exact) mass is 355 g/mol. The molecule has 0 spiro atoms. The van der Waals surface area contributed by atoms with Gasteiger partial charge in [0.25, 0.3) is 5.91 Å². The van der Waals surface area contributed by atoms with Crippen LogP contribution in [0.4, 0.5) is 0 Å². The molecule has 2 saturated heterocycles. The first-order chi connectivity index (χ1) is 12.7. The van der Waals surface area contributed by atoms with E-state index in [1.165, 1.54) is 11.8 Å². The summed E-state index contributed by atoms with van der Waals surface area (Å²) in [5, 5.41) is 3.67. The number of amides is 1. The predicted molar refractivity (Wildman–Crippen MR) is 96.9 cm³/mol. The van der Waals surface area contributed by atoms with E-state index >= 15 is 0 Å². The lowest BCUT2D eigenvalue weighted by Crippen LogP contribution is -2.51. The maximum absolute atomic E-state index is 12.7. The number of hydrogen-bond donors (Lipinski definition) is 0. The van der Waals surface area contributed by atoms with Crippen LogP contribution in [-0.2, 0) is 10.2 Å². The lowest BCUT2D eigenvalue weighted by molar-refractivity contribution is 0.0562. The van der Waals surface area contributed by atoms with Gasteiger partial charge in [0.05, 0.1) is 12.8 Å². The number of benzene rings is 1. The molecule has 138 valence electrons. The second kappa shape index (κ2) is 7.21. The zero-order valence-electron chi connectivity index (χ0n) is 15.1. The highest BCUT2D eigenvalue weighted by atomic mass is 16.5. The normalized spacial score (nSPS) is 26.0. The van der Waals surface area contributed by atoms with Crippen molar-refractivity contribution in [3.63, 3.8) is 0 Å². The summed E-state index contributed by atoms with van der Waals surface area (Å²) < 4.78 is 10.4. The van der Waals surface area contributed by atoms with Crippen LogP contribution in [0.1, 0.15) is 22.5 Å². The molecule has 2 aliphatic heterocycles. The molecule has 0 N–H and O–H groups in total. The fraction of sp³-hybridized carbons (Fsp3) is 0.500. The molecule has 4 rings (SSSR count). The Hall–Kier alpha value is -2.18. The van der Waals surface area contributed by atoms with Crippen LogP contribution in [0.5, 0.6) is 0 Å². The van der Waals surface area contributed by atoms with Crippen LogP contribution in [-0.4, -0.2) is 67.3 Å². The Labute approximate surface area is 153 Å². The Morgan fingerprint density at radius 3 is 2.88 bits per heavy atom. The van der Waals surface area contributed by atoms with Crippen LogP contribution < -0.4 is 0 Å². The summed E-state index contributed by atoms with van der Waals surface area (Å²) in [5.41, 5.74) is 1.49. The van der Waals surface area contributed by atoms with Gasteiger partial charge >= 0.3 is 0 Å². The van der Waals surface area contributed by atoms with E-state index in [-0.39, 0.29) is 11.3 Å². The number of piperidine rings is 1. The third-order valence-corrected chi connectivity index (χ3v) is 5.93. The molecule has 6 nitrogen and oxygen atoms in total. The van der Waals surface area contributed by atoms with Crippen molar-refractivity contribution in [3.8, 4) is 0 Å². The van der Waals surface area contributed by atoms with Crippen LogP contribution >= 0.6 is 0 Å². The zero-order valence-corrected chi connectivity index (χ0v) is 15.1. The van der Waals surface area contributed by atoms with Gasteiger partial charge < -0.3 is 14.2 Å². The minimum absolute atomic E-state index is 0.0560. The van der Waals surface area contributed by atoms with Crippen molar-refractivity contribution < 1.29 is 14.1 Å². The Morgan fingerprint density at radius 1 is 1.31 bits per heavy atom. The van der Waals surface area contributed by atoms with E-state index in [1.54, 1.807) is 13.2 Å². The topological polar surface area (TPSA) is 58.8 Å². The first-order valence-corrected chi connectivity index (χ1v) is 9.20. The molecule has 0 bridgehead atoms. The summed E-state index contributed by atoms with van der Waals surface area (Å²) in [7, 11) is 1.74. The molecule has 2 aliphatic rings. The number of rotatable bonds is 5. The Balaban J connectivity index is 1.57. The lowest BCUT2D eigenvalue weighted by Gasteiger charge is -2.43. The lowest BCUT2D eigenvalue weighted by atomic mass is 9.68. The van der Waals surface area contributed by atoms with Gasteiger partial charge in [0.2, 0.25) is 5.76 Å². The van der Waals surface area contributed by atoms with Crippen molar-refractivity contribution in [2.75, 3.05) is 46.4 Å². The molecule has 0 aliphatic carbocycles. The van der Waals surface area contributed by atoms with E-state index in [0.717, 1.165) is 45.8 Å². The number of methoxy groups -OCH3 is 1. The predicted octanol–water partition coefficient (Wildman–Crippen LogP) is 2.04. The number of nitrogens with zero attached hydrogens (tertiary/aromatic N) is 3. The Bertz CT molecular complexity index is 734. The number of carbonyl (C=O) groups excluding carboxylic acids is 1. The summed E-state index contributed by atoms with van der Waals surface area (Å²) >= 11 is 0. The van der Waals surface area contributed by atoms with E-state index in [2.05, 4.69) is 40.4 Å². The molecule has 2 aromatic rings. The first kappa shape index (κ1) is 17.2. The van der Waals surface area contributed by atoms with Gasteiger partial charge in [-0.2, -0.15) is 0 Å². The van der Waals surface area contributed by atoms with Gasteiger partial charge in [-0.15, -0.1) is 0 Å². The van der Waals surface area contributed by atoms with Gasteiger partial charge in [0, 0.05) is 57.2 Å². The molecule has 1 amide bonds. The molecule has 2 fully saturated rings. The van der Waals surface area contributed by atoms with Gasteiger partial charge in [-0.3, -0.25) is 9.69 Å². The number of fused-ring (bicyclic) bond motifs is 1. The number of likely N-dealkylation sites (tertiary alicyclic amines) is 2. The molecule has 3 heterocycles. The number of ether oxygens (including phenoxy) is 1. The van der Waals surface area contributed by atoms with Crippen molar-refractivity contribution in [3.05, 3.63) is 53.9 Å². The second-order valence-corrected chi connectivity index (χ2v) is 7.32. The molecule has 2 unspecified atom stereocenters. The third kappa shape index (κ3) is 3.04. The van der Waals surface area contributed by atoms with Crippen LogP contribution in [0.25, 0.3) is 0 Å².